The van der Waals surface area contributed by atoms with Crippen LogP contribution in [0.4, 0.5) is 4.39 Å². The fourth-order valence-corrected chi connectivity index (χ4v) is 6.25. The molecule has 1 aromatic heterocycles. The van der Waals surface area contributed by atoms with Crippen molar-refractivity contribution in [2.24, 2.45) is 5.92 Å². The third-order valence-electron chi connectivity index (χ3n) is 8.00. The Kier molecular flexibility index (Phi) is 8.06. The molecule has 1 aliphatic rings. The van der Waals surface area contributed by atoms with E-state index in [1.807, 2.05) is 53.3 Å². The minimum Gasteiger partial charge on any atom is -0.389 e. The molecule has 0 saturated carbocycles. The zero-order chi connectivity index (χ0) is 26.0. The second-order valence-electron chi connectivity index (χ2n) is 11.3. The number of imidazole rings is 1. The predicted molar refractivity (Wildman–Crippen MR) is 145 cm³/mol. The topological polar surface area (TPSA) is 50.4 Å². The van der Waals surface area contributed by atoms with Crippen molar-refractivity contribution in [2.75, 3.05) is 20.1 Å². The number of halogens is 1. The monoisotopic (exact) mass is 495 g/mol. The minimum absolute atomic E-state index is 0.0143. The van der Waals surface area contributed by atoms with Crippen molar-refractivity contribution in [3.05, 3.63) is 69.9 Å². The van der Waals surface area contributed by atoms with Gasteiger partial charge in [0, 0.05) is 25.0 Å². The number of fused-ring (bicyclic) bond motifs is 2. The van der Waals surface area contributed by atoms with Gasteiger partial charge in [0.05, 0.1) is 16.6 Å². The molecule has 1 N–H and O–H groups in total. The summed E-state index contributed by atoms with van der Waals surface area (Å²) in [6.07, 6.45) is 4.00. The Morgan fingerprint density at radius 1 is 1.08 bits per heavy atom. The molecule has 3 aromatic rings. The molecule has 1 aliphatic carbocycles. The molecule has 2 atom stereocenters. The maximum absolute atomic E-state index is 13.8. The first-order valence-corrected chi connectivity index (χ1v) is 13.5. The van der Waals surface area contributed by atoms with Crippen molar-refractivity contribution < 1.29 is 9.50 Å². The standard InChI is InChI=1S/C30H42FN3O2/c1-21(2)28-25-13-12-24(31)20-23(25)14-15-30(28,36)16-19-32(5)17-8-9-18-33-26-10-6-7-11-27(26)34(22(3)4)29(33)35/h6-7,10-13,20-22,28,36H,8-9,14-19H2,1-5H3/t28-,30-/m0/s1. The molecule has 0 saturated heterocycles. The molecular formula is C30H42FN3O2. The first-order valence-electron chi connectivity index (χ1n) is 13.5. The smallest absolute Gasteiger partial charge is 0.329 e. The normalized spacial score (nSPS) is 20.1. The van der Waals surface area contributed by atoms with Gasteiger partial charge in [-0.25, -0.2) is 9.18 Å². The third kappa shape index (κ3) is 5.30. The van der Waals surface area contributed by atoms with Crippen molar-refractivity contribution in [2.45, 2.75) is 83.9 Å². The van der Waals surface area contributed by atoms with Crippen LogP contribution in [0.5, 0.6) is 0 Å². The van der Waals surface area contributed by atoms with Gasteiger partial charge in [-0.1, -0.05) is 32.0 Å². The number of unbranched alkanes of at least 4 members (excludes halogenated alkanes) is 1. The maximum Gasteiger partial charge on any atom is 0.329 e. The lowest BCUT2D eigenvalue weighted by molar-refractivity contribution is -0.0301. The molecule has 4 rings (SSSR count). The van der Waals surface area contributed by atoms with Gasteiger partial charge in [0.2, 0.25) is 0 Å². The van der Waals surface area contributed by atoms with Gasteiger partial charge in [-0.15, -0.1) is 0 Å². The number of rotatable bonds is 10. The molecule has 0 fully saturated rings. The van der Waals surface area contributed by atoms with Crippen molar-refractivity contribution in [1.29, 1.82) is 0 Å². The number of aryl methyl sites for hydroxylation is 2. The van der Waals surface area contributed by atoms with E-state index in [9.17, 15) is 14.3 Å². The molecule has 1 heterocycles. The van der Waals surface area contributed by atoms with Gasteiger partial charge >= 0.3 is 5.69 Å². The van der Waals surface area contributed by atoms with E-state index in [2.05, 4.69) is 25.8 Å². The number of hydrogen-bond acceptors (Lipinski definition) is 3. The number of hydrogen-bond donors (Lipinski definition) is 1. The summed E-state index contributed by atoms with van der Waals surface area (Å²) in [5.74, 6) is 0.0916. The Morgan fingerprint density at radius 3 is 2.50 bits per heavy atom. The highest BCUT2D eigenvalue weighted by atomic mass is 19.1. The van der Waals surface area contributed by atoms with Crippen molar-refractivity contribution in [3.63, 3.8) is 0 Å². The zero-order valence-corrected chi connectivity index (χ0v) is 22.5. The van der Waals surface area contributed by atoms with Gasteiger partial charge in [0.25, 0.3) is 0 Å². The summed E-state index contributed by atoms with van der Waals surface area (Å²) in [6.45, 7) is 10.8. The SMILES string of the molecule is CC(C)[C@H]1c2ccc(F)cc2CC[C@]1(O)CCN(C)CCCCn1c(=O)n(C(C)C)c2ccccc21. The van der Waals surface area contributed by atoms with E-state index in [0.717, 1.165) is 54.5 Å². The molecular weight excluding hydrogens is 453 g/mol. The Balaban J connectivity index is 1.33. The third-order valence-corrected chi connectivity index (χ3v) is 8.00. The molecule has 2 aromatic carbocycles. The van der Waals surface area contributed by atoms with Crippen LogP contribution >= 0.6 is 0 Å². The average Bonchev–Trinajstić information content (AvgIpc) is 3.11. The summed E-state index contributed by atoms with van der Waals surface area (Å²) in [7, 11) is 2.11. The lowest BCUT2D eigenvalue weighted by Crippen LogP contribution is -2.45. The Morgan fingerprint density at radius 2 is 1.81 bits per heavy atom. The van der Waals surface area contributed by atoms with Crippen molar-refractivity contribution in [3.8, 4) is 0 Å². The number of aromatic nitrogens is 2. The Bertz CT molecular complexity index is 1240. The number of benzene rings is 2. The fourth-order valence-electron chi connectivity index (χ4n) is 6.25. The highest BCUT2D eigenvalue weighted by Crippen LogP contribution is 2.45. The van der Waals surface area contributed by atoms with E-state index in [1.54, 1.807) is 6.07 Å². The fraction of sp³-hybridized carbons (Fsp3) is 0.567. The summed E-state index contributed by atoms with van der Waals surface area (Å²) in [5, 5.41) is 11.7. The Hall–Kier alpha value is -2.44. The van der Waals surface area contributed by atoms with E-state index in [4.69, 9.17) is 0 Å². The van der Waals surface area contributed by atoms with Crippen LogP contribution in [0, 0.1) is 11.7 Å². The maximum atomic E-state index is 13.8. The van der Waals surface area contributed by atoms with Crippen LogP contribution in [0.1, 0.15) is 76.5 Å². The molecule has 0 radical (unpaired) electrons. The summed E-state index contributed by atoms with van der Waals surface area (Å²) in [5.41, 5.74) is 3.44. The van der Waals surface area contributed by atoms with Gasteiger partial charge in [0.1, 0.15) is 5.82 Å². The van der Waals surface area contributed by atoms with Gasteiger partial charge < -0.3 is 10.0 Å². The molecule has 0 spiro atoms. The lowest BCUT2D eigenvalue weighted by Gasteiger charge is -2.44. The lowest BCUT2D eigenvalue weighted by atomic mass is 9.66. The van der Waals surface area contributed by atoms with Crippen LogP contribution in [0.2, 0.25) is 0 Å². The number of nitrogens with zero attached hydrogens (tertiary/aromatic N) is 3. The van der Waals surface area contributed by atoms with Gasteiger partial charge in [-0.2, -0.15) is 0 Å². The molecule has 0 amide bonds. The number of para-hydroxylation sites is 2. The second kappa shape index (κ2) is 10.9. The summed E-state index contributed by atoms with van der Waals surface area (Å²) in [4.78, 5) is 15.3. The molecule has 6 heteroatoms. The predicted octanol–water partition coefficient (Wildman–Crippen LogP) is 5.74. The van der Waals surface area contributed by atoms with Crippen LogP contribution in [0.3, 0.4) is 0 Å². The molecule has 0 aliphatic heterocycles. The van der Waals surface area contributed by atoms with E-state index >= 15 is 0 Å². The summed E-state index contributed by atoms with van der Waals surface area (Å²) in [6, 6.07) is 13.2. The van der Waals surface area contributed by atoms with E-state index in [-0.39, 0.29) is 29.4 Å². The van der Waals surface area contributed by atoms with Gasteiger partial charge in [-0.3, -0.25) is 9.13 Å². The minimum atomic E-state index is -0.779. The molecule has 36 heavy (non-hydrogen) atoms. The summed E-state index contributed by atoms with van der Waals surface area (Å²) < 4.78 is 17.6. The molecule has 0 unspecified atom stereocenters. The largest absolute Gasteiger partial charge is 0.389 e. The zero-order valence-electron chi connectivity index (χ0n) is 22.5. The average molecular weight is 496 g/mol. The number of aliphatic hydroxyl groups is 1. The van der Waals surface area contributed by atoms with Crippen molar-refractivity contribution >= 4 is 11.0 Å². The van der Waals surface area contributed by atoms with Crippen LogP contribution in [-0.2, 0) is 13.0 Å². The summed E-state index contributed by atoms with van der Waals surface area (Å²) >= 11 is 0. The first kappa shape index (κ1) is 26.6. The van der Waals surface area contributed by atoms with E-state index in [0.29, 0.717) is 19.4 Å². The van der Waals surface area contributed by atoms with Crippen LogP contribution in [-0.4, -0.2) is 44.9 Å². The highest BCUT2D eigenvalue weighted by molar-refractivity contribution is 5.76. The van der Waals surface area contributed by atoms with E-state index < -0.39 is 5.60 Å². The molecule has 196 valence electrons. The quantitative estimate of drug-likeness (QED) is 0.365. The van der Waals surface area contributed by atoms with Crippen LogP contribution in [0.25, 0.3) is 11.0 Å². The molecule has 0 bridgehead atoms. The van der Waals surface area contributed by atoms with Gasteiger partial charge in [0.15, 0.2) is 0 Å². The Labute approximate surface area is 214 Å². The van der Waals surface area contributed by atoms with Crippen LogP contribution in [0.15, 0.2) is 47.3 Å². The van der Waals surface area contributed by atoms with E-state index in [1.165, 1.54) is 6.07 Å². The highest BCUT2D eigenvalue weighted by Gasteiger charge is 2.43. The van der Waals surface area contributed by atoms with Gasteiger partial charge in [-0.05, 0) is 101 Å². The molecule has 5 nitrogen and oxygen atoms in total. The van der Waals surface area contributed by atoms with Crippen molar-refractivity contribution in [1.82, 2.24) is 14.0 Å². The van der Waals surface area contributed by atoms with Crippen LogP contribution < -0.4 is 5.69 Å². The second-order valence-corrected chi connectivity index (χ2v) is 11.3. The first-order chi connectivity index (χ1) is 17.1.